The fraction of sp³-hybridized carbons (Fsp3) is 0.600. The van der Waals surface area contributed by atoms with Crippen molar-refractivity contribution in [2.75, 3.05) is 13.7 Å². The van der Waals surface area contributed by atoms with Crippen LogP contribution in [-0.2, 0) is 14.0 Å². The number of pyridine rings is 1. The quantitative estimate of drug-likeness (QED) is 0.621. The first-order valence-electron chi connectivity index (χ1n) is 7.28. The summed E-state index contributed by atoms with van der Waals surface area (Å²) in [6, 6.07) is 1.64. The third-order valence-corrected chi connectivity index (χ3v) is 4.09. The predicted molar refractivity (Wildman–Crippen MR) is 82.5 cm³/mol. The lowest BCUT2D eigenvalue weighted by Gasteiger charge is -2.32. The molecule has 2 rings (SSSR count). The van der Waals surface area contributed by atoms with Gasteiger partial charge < -0.3 is 18.8 Å². The molecule has 1 saturated heterocycles. The van der Waals surface area contributed by atoms with Crippen LogP contribution in [0.5, 0.6) is 5.88 Å². The average Bonchev–Trinajstić information content (AvgIpc) is 2.67. The van der Waals surface area contributed by atoms with Gasteiger partial charge in [0.05, 0.1) is 24.9 Å². The fourth-order valence-electron chi connectivity index (χ4n) is 2.09. The smallest absolute Gasteiger partial charge is 0.480 e. The molecule has 0 atom stereocenters. The maximum atomic E-state index is 12.0. The number of carbonyl (C=O) groups excluding carboxylic acids is 1. The molecule has 1 aromatic heterocycles. The van der Waals surface area contributed by atoms with Gasteiger partial charge in [0, 0.05) is 11.7 Å². The Morgan fingerprint density at radius 2 is 1.86 bits per heavy atom. The summed E-state index contributed by atoms with van der Waals surface area (Å²) in [4.78, 5) is 16.2. The molecule has 7 heteroatoms. The normalized spacial score (nSPS) is 19.1. The molecule has 0 bridgehead atoms. The molecule has 1 aliphatic rings. The Hall–Kier alpha value is -1.60. The third-order valence-electron chi connectivity index (χ3n) is 4.09. The Kier molecular flexibility index (Phi) is 4.49. The largest absolute Gasteiger partial charge is 0.496 e. The highest BCUT2D eigenvalue weighted by molar-refractivity contribution is 6.62. The van der Waals surface area contributed by atoms with E-state index >= 15 is 0 Å². The van der Waals surface area contributed by atoms with Gasteiger partial charge in [-0.3, -0.25) is 0 Å². The summed E-state index contributed by atoms with van der Waals surface area (Å²) in [6.45, 7) is 9.90. The van der Waals surface area contributed by atoms with Crippen molar-refractivity contribution in [3.63, 3.8) is 0 Å². The Labute approximate surface area is 131 Å². The van der Waals surface area contributed by atoms with Gasteiger partial charge in [0.25, 0.3) is 0 Å². The highest BCUT2D eigenvalue weighted by Crippen LogP contribution is 2.36. The molecule has 120 valence electrons. The van der Waals surface area contributed by atoms with Gasteiger partial charge in [0.1, 0.15) is 5.56 Å². The zero-order valence-electron chi connectivity index (χ0n) is 13.9. The molecule has 0 N–H and O–H groups in total. The molecule has 0 aliphatic carbocycles. The van der Waals surface area contributed by atoms with Gasteiger partial charge in [-0.05, 0) is 40.7 Å². The number of aromatic nitrogens is 1. The Balaban J connectivity index is 2.34. The Morgan fingerprint density at radius 1 is 1.27 bits per heavy atom. The molecule has 1 fully saturated rings. The minimum atomic E-state index is -0.586. The second kappa shape index (κ2) is 5.89. The number of rotatable bonds is 4. The maximum Gasteiger partial charge on any atom is 0.496 e. The summed E-state index contributed by atoms with van der Waals surface area (Å²) < 4.78 is 22.1. The van der Waals surface area contributed by atoms with Gasteiger partial charge in [-0.25, -0.2) is 9.78 Å². The SMILES string of the molecule is CCOC(=O)c1cc(B2OC(C)(C)C(C)(C)O2)cnc1OC. The summed E-state index contributed by atoms with van der Waals surface area (Å²) in [7, 11) is 0.871. The first-order valence-corrected chi connectivity index (χ1v) is 7.28. The minimum absolute atomic E-state index is 0.221. The van der Waals surface area contributed by atoms with Crippen LogP contribution in [0.4, 0.5) is 0 Å². The lowest BCUT2D eigenvalue weighted by atomic mass is 9.79. The maximum absolute atomic E-state index is 12.0. The van der Waals surface area contributed by atoms with Crippen LogP contribution in [0, 0.1) is 0 Å². The van der Waals surface area contributed by atoms with Crippen LogP contribution >= 0.6 is 0 Å². The molecule has 22 heavy (non-hydrogen) atoms. The number of carbonyl (C=O) groups is 1. The van der Waals surface area contributed by atoms with Crippen LogP contribution in [0.15, 0.2) is 12.3 Å². The van der Waals surface area contributed by atoms with Crippen LogP contribution in [-0.4, -0.2) is 43.0 Å². The number of methoxy groups -OCH3 is 1. The van der Waals surface area contributed by atoms with Crippen molar-refractivity contribution in [2.24, 2.45) is 0 Å². The van der Waals surface area contributed by atoms with Crippen molar-refractivity contribution < 1.29 is 23.6 Å². The molecule has 0 radical (unpaired) electrons. The molecule has 1 aromatic rings. The minimum Gasteiger partial charge on any atom is -0.480 e. The lowest BCUT2D eigenvalue weighted by Crippen LogP contribution is -2.41. The molecule has 6 nitrogen and oxygen atoms in total. The lowest BCUT2D eigenvalue weighted by molar-refractivity contribution is 0.00578. The highest BCUT2D eigenvalue weighted by atomic mass is 16.7. The zero-order chi connectivity index (χ0) is 16.5. The van der Waals surface area contributed by atoms with Crippen molar-refractivity contribution in [2.45, 2.75) is 45.8 Å². The van der Waals surface area contributed by atoms with E-state index in [0.29, 0.717) is 5.46 Å². The molecular weight excluding hydrogens is 285 g/mol. The van der Waals surface area contributed by atoms with Gasteiger partial charge in [0.2, 0.25) is 5.88 Å². The summed E-state index contributed by atoms with van der Waals surface area (Å²) in [6.07, 6.45) is 1.59. The van der Waals surface area contributed by atoms with Crippen LogP contribution in [0.2, 0.25) is 0 Å². The zero-order valence-corrected chi connectivity index (χ0v) is 13.9. The second-order valence-electron chi connectivity index (χ2n) is 6.13. The highest BCUT2D eigenvalue weighted by Gasteiger charge is 2.52. The van der Waals surface area contributed by atoms with Crippen molar-refractivity contribution in [3.8, 4) is 5.88 Å². The molecular formula is C15H22BNO5. The summed E-state index contributed by atoms with van der Waals surface area (Å²) in [5.74, 6) is -0.260. The fourth-order valence-corrected chi connectivity index (χ4v) is 2.09. The van der Waals surface area contributed by atoms with E-state index in [1.807, 2.05) is 27.7 Å². The van der Waals surface area contributed by atoms with Crippen molar-refractivity contribution in [3.05, 3.63) is 17.8 Å². The van der Waals surface area contributed by atoms with E-state index in [-0.39, 0.29) is 18.1 Å². The second-order valence-corrected chi connectivity index (χ2v) is 6.13. The predicted octanol–water partition coefficient (Wildman–Crippen LogP) is 1.57. The van der Waals surface area contributed by atoms with Gasteiger partial charge in [-0.15, -0.1) is 0 Å². The van der Waals surface area contributed by atoms with Crippen LogP contribution in [0.25, 0.3) is 0 Å². The van der Waals surface area contributed by atoms with E-state index in [2.05, 4.69) is 4.98 Å². The standard InChI is InChI=1S/C15H22BNO5/c1-7-20-13(18)11-8-10(9-17-12(11)19-6)16-21-14(2,3)15(4,5)22-16/h8-9H,7H2,1-6H3. The van der Waals surface area contributed by atoms with E-state index < -0.39 is 24.3 Å². The number of ether oxygens (including phenoxy) is 2. The van der Waals surface area contributed by atoms with E-state index in [9.17, 15) is 4.79 Å². The Bertz CT molecular complexity index is 557. The van der Waals surface area contributed by atoms with E-state index in [0.717, 1.165) is 0 Å². The summed E-state index contributed by atoms with van der Waals surface area (Å²) in [5.41, 5.74) is 0.00248. The number of hydrogen-bond acceptors (Lipinski definition) is 6. The van der Waals surface area contributed by atoms with Crippen molar-refractivity contribution in [1.82, 2.24) is 4.98 Å². The monoisotopic (exact) mass is 307 g/mol. The van der Waals surface area contributed by atoms with Crippen LogP contribution in [0.1, 0.15) is 45.0 Å². The topological polar surface area (TPSA) is 66.9 Å². The Morgan fingerprint density at radius 3 is 2.36 bits per heavy atom. The number of esters is 1. The third kappa shape index (κ3) is 2.96. The summed E-state index contributed by atoms with van der Waals surface area (Å²) >= 11 is 0. The molecule has 0 aromatic carbocycles. The van der Waals surface area contributed by atoms with Gasteiger partial charge in [0.15, 0.2) is 0 Å². The first-order chi connectivity index (χ1) is 10.2. The molecule has 1 aliphatic heterocycles. The first kappa shape index (κ1) is 16.8. The van der Waals surface area contributed by atoms with E-state index in [1.54, 1.807) is 19.2 Å². The average molecular weight is 307 g/mol. The van der Waals surface area contributed by atoms with Crippen LogP contribution < -0.4 is 10.2 Å². The van der Waals surface area contributed by atoms with Crippen molar-refractivity contribution >= 4 is 18.6 Å². The molecule has 0 saturated carbocycles. The molecule has 0 spiro atoms. The van der Waals surface area contributed by atoms with E-state index in [4.69, 9.17) is 18.8 Å². The number of nitrogens with zero attached hydrogens (tertiary/aromatic N) is 1. The van der Waals surface area contributed by atoms with Gasteiger partial charge >= 0.3 is 13.1 Å². The van der Waals surface area contributed by atoms with E-state index in [1.165, 1.54) is 7.11 Å². The number of hydrogen-bond donors (Lipinski definition) is 0. The molecule has 2 heterocycles. The van der Waals surface area contributed by atoms with Crippen LogP contribution in [0.3, 0.4) is 0 Å². The van der Waals surface area contributed by atoms with Gasteiger partial charge in [-0.1, -0.05) is 0 Å². The summed E-state index contributed by atoms with van der Waals surface area (Å²) in [5, 5.41) is 0. The van der Waals surface area contributed by atoms with Gasteiger partial charge in [-0.2, -0.15) is 0 Å². The van der Waals surface area contributed by atoms with Crippen molar-refractivity contribution in [1.29, 1.82) is 0 Å². The molecule has 0 unspecified atom stereocenters. The molecule has 0 amide bonds.